The Morgan fingerprint density at radius 2 is 2.13 bits per heavy atom. The number of hydrogen-bond donors (Lipinski definition) is 0. The fraction of sp³-hybridized carbons (Fsp3) is 0.625. The molecule has 128 valence electrons. The summed E-state index contributed by atoms with van der Waals surface area (Å²) in [7, 11) is -3.43. The molecule has 0 saturated carbocycles. The molecule has 0 N–H and O–H groups in total. The van der Waals surface area contributed by atoms with Crippen molar-refractivity contribution in [2.24, 2.45) is 5.92 Å². The Balaban J connectivity index is 2.00. The molecule has 0 unspecified atom stereocenters. The van der Waals surface area contributed by atoms with Gasteiger partial charge in [0.2, 0.25) is 0 Å². The monoisotopic (exact) mass is 340 g/mol. The third-order valence-corrected chi connectivity index (χ3v) is 5.37. The van der Waals surface area contributed by atoms with E-state index in [0.717, 1.165) is 12.8 Å². The number of carbonyl (C=O) groups is 1. The molecule has 1 aromatic heterocycles. The maximum absolute atomic E-state index is 12.4. The fourth-order valence-electron chi connectivity index (χ4n) is 2.62. The lowest BCUT2D eigenvalue weighted by Gasteiger charge is -2.33. The van der Waals surface area contributed by atoms with Gasteiger partial charge in [0.05, 0.1) is 5.75 Å². The first-order valence-electron chi connectivity index (χ1n) is 7.79. The Labute approximate surface area is 137 Å². The summed E-state index contributed by atoms with van der Waals surface area (Å²) in [4.78, 5) is 17.7. The minimum absolute atomic E-state index is 0.00328. The Hall–Kier alpha value is -1.63. The van der Waals surface area contributed by atoms with E-state index in [1.165, 1.54) is 12.3 Å². The van der Waals surface area contributed by atoms with Gasteiger partial charge in [-0.05, 0) is 51.7 Å². The first-order chi connectivity index (χ1) is 10.7. The van der Waals surface area contributed by atoms with Crippen LogP contribution in [0.1, 0.15) is 33.6 Å². The van der Waals surface area contributed by atoms with Crippen LogP contribution in [0, 0.1) is 5.92 Å². The van der Waals surface area contributed by atoms with Crippen molar-refractivity contribution in [3.63, 3.8) is 0 Å². The van der Waals surface area contributed by atoms with Crippen LogP contribution in [0.3, 0.4) is 0 Å². The van der Waals surface area contributed by atoms with Gasteiger partial charge in [0, 0.05) is 19.3 Å². The predicted molar refractivity (Wildman–Crippen MR) is 86.8 cm³/mol. The molecule has 0 aromatic carbocycles. The standard InChI is InChI=1S/C16H24N2O4S/c1-16(2,3)22-15(19)18-10-6-7-13(11-18)12-23(20,21)14-8-4-5-9-17-14/h4-5,8-9,13H,6-7,10-12H2,1-3H3/t13-/m1/s1. The minimum Gasteiger partial charge on any atom is -0.444 e. The summed E-state index contributed by atoms with van der Waals surface area (Å²) in [6, 6.07) is 4.85. The topological polar surface area (TPSA) is 76.6 Å². The van der Waals surface area contributed by atoms with Crippen molar-refractivity contribution in [3.8, 4) is 0 Å². The third-order valence-electron chi connectivity index (χ3n) is 3.58. The molecule has 2 rings (SSSR count). The molecule has 1 amide bonds. The first-order valence-corrected chi connectivity index (χ1v) is 9.44. The number of hydrogen-bond acceptors (Lipinski definition) is 5. The van der Waals surface area contributed by atoms with Crippen molar-refractivity contribution >= 4 is 15.9 Å². The van der Waals surface area contributed by atoms with Crippen LogP contribution in [0.2, 0.25) is 0 Å². The highest BCUT2D eigenvalue weighted by atomic mass is 32.2. The van der Waals surface area contributed by atoms with Gasteiger partial charge in [-0.2, -0.15) is 0 Å². The summed E-state index contributed by atoms with van der Waals surface area (Å²) in [5.74, 6) is -0.0909. The first kappa shape index (κ1) is 17.7. The number of aromatic nitrogens is 1. The average Bonchev–Trinajstić information content (AvgIpc) is 2.46. The molecule has 23 heavy (non-hydrogen) atoms. The zero-order valence-electron chi connectivity index (χ0n) is 13.9. The highest BCUT2D eigenvalue weighted by molar-refractivity contribution is 7.91. The van der Waals surface area contributed by atoms with Crippen molar-refractivity contribution in [1.82, 2.24) is 9.88 Å². The lowest BCUT2D eigenvalue weighted by molar-refractivity contribution is 0.0176. The summed E-state index contributed by atoms with van der Waals surface area (Å²) in [6.45, 7) is 6.46. The molecular formula is C16H24N2O4S. The number of sulfone groups is 1. The van der Waals surface area contributed by atoms with Crippen LogP contribution in [-0.4, -0.2) is 48.8 Å². The molecule has 6 nitrogen and oxygen atoms in total. The number of amides is 1. The molecule has 1 saturated heterocycles. The van der Waals surface area contributed by atoms with E-state index in [1.54, 1.807) is 17.0 Å². The molecule has 0 bridgehead atoms. The quantitative estimate of drug-likeness (QED) is 0.845. The van der Waals surface area contributed by atoms with Crippen LogP contribution in [-0.2, 0) is 14.6 Å². The van der Waals surface area contributed by atoms with Gasteiger partial charge in [-0.25, -0.2) is 18.2 Å². The molecule has 1 fully saturated rings. The summed E-state index contributed by atoms with van der Waals surface area (Å²) in [5.41, 5.74) is -0.552. The summed E-state index contributed by atoms with van der Waals surface area (Å²) in [6.07, 6.45) is 2.66. The molecule has 1 aliphatic rings. The minimum atomic E-state index is -3.43. The van der Waals surface area contributed by atoms with Crippen LogP contribution >= 0.6 is 0 Å². The highest BCUT2D eigenvalue weighted by Crippen LogP contribution is 2.22. The van der Waals surface area contributed by atoms with Gasteiger partial charge >= 0.3 is 6.09 Å². The molecule has 1 atom stereocenters. The number of ether oxygens (including phenoxy) is 1. The van der Waals surface area contributed by atoms with Crippen molar-refractivity contribution in [3.05, 3.63) is 24.4 Å². The third kappa shape index (κ3) is 5.20. The summed E-state index contributed by atoms with van der Waals surface area (Å²) < 4.78 is 30.2. The number of likely N-dealkylation sites (tertiary alicyclic amines) is 1. The Morgan fingerprint density at radius 1 is 1.39 bits per heavy atom. The second-order valence-electron chi connectivity index (χ2n) is 6.88. The van der Waals surface area contributed by atoms with E-state index >= 15 is 0 Å². The van der Waals surface area contributed by atoms with Crippen LogP contribution < -0.4 is 0 Å². The second kappa shape index (κ2) is 6.86. The van der Waals surface area contributed by atoms with Crippen LogP contribution in [0.15, 0.2) is 29.4 Å². The van der Waals surface area contributed by atoms with Gasteiger partial charge in [-0.3, -0.25) is 0 Å². The van der Waals surface area contributed by atoms with E-state index in [1.807, 2.05) is 20.8 Å². The average molecular weight is 340 g/mol. The van der Waals surface area contributed by atoms with Gasteiger partial charge in [0.1, 0.15) is 5.60 Å². The number of nitrogens with zero attached hydrogens (tertiary/aromatic N) is 2. The van der Waals surface area contributed by atoms with E-state index in [4.69, 9.17) is 4.74 Å². The lowest BCUT2D eigenvalue weighted by atomic mass is 10.0. The van der Waals surface area contributed by atoms with E-state index in [0.29, 0.717) is 13.1 Å². The van der Waals surface area contributed by atoms with Crippen molar-refractivity contribution in [2.75, 3.05) is 18.8 Å². The van der Waals surface area contributed by atoms with Crippen LogP contribution in [0.25, 0.3) is 0 Å². The second-order valence-corrected chi connectivity index (χ2v) is 8.87. The van der Waals surface area contributed by atoms with E-state index in [-0.39, 0.29) is 22.8 Å². The number of rotatable bonds is 3. The molecule has 1 aromatic rings. The normalized spacial score (nSPS) is 19.4. The largest absolute Gasteiger partial charge is 0.444 e. The molecule has 7 heteroatoms. The Bertz CT molecular complexity index is 638. The highest BCUT2D eigenvalue weighted by Gasteiger charge is 2.30. The number of piperidine rings is 1. The molecule has 2 heterocycles. The van der Waals surface area contributed by atoms with Crippen molar-refractivity contribution in [1.29, 1.82) is 0 Å². The van der Waals surface area contributed by atoms with Crippen molar-refractivity contribution in [2.45, 2.75) is 44.2 Å². The molecular weight excluding hydrogens is 316 g/mol. The molecule has 1 aliphatic heterocycles. The maximum atomic E-state index is 12.4. The smallest absolute Gasteiger partial charge is 0.410 e. The molecule has 0 radical (unpaired) electrons. The number of carbonyl (C=O) groups excluding carboxylic acids is 1. The SMILES string of the molecule is CC(C)(C)OC(=O)N1CCC[C@@H](CS(=O)(=O)c2ccccn2)C1. The fourth-order valence-corrected chi connectivity index (χ4v) is 4.19. The maximum Gasteiger partial charge on any atom is 0.410 e. The summed E-state index contributed by atoms with van der Waals surface area (Å²) in [5, 5.41) is 0.0920. The predicted octanol–water partition coefficient (Wildman–Crippen LogP) is 2.50. The van der Waals surface area contributed by atoms with Gasteiger partial charge in [0.15, 0.2) is 14.9 Å². The molecule has 0 aliphatic carbocycles. The molecule has 0 spiro atoms. The van der Waals surface area contributed by atoms with Gasteiger partial charge < -0.3 is 9.64 Å². The summed E-state index contributed by atoms with van der Waals surface area (Å²) >= 11 is 0. The van der Waals surface area contributed by atoms with Gasteiger partial charge in [0.25, 0.3) is 0 Å². The zero-order chi connectivity index (χ0) is 17.1. The zero-order valence-corrected chi connectivity index (χ0v) is 14.7. The Kier molecular flexibility index (Phi) is 5.29. The van der Waals surface area contributed by atoms with Gasteiger partial charge in [-0.1, -0.05) is 6.07 Å². The van der Waals surface area contributed by atoms with E-state index < -0.39 is 15.4 Å². The van der Waals surface area contributed by atoms with E-state index in [9.17, 15) is 13.2 Å². The van der Waals surface area contributed by atoms with Gasteiger partial charge in [-0.15, -0.1) is 0 Å². The van der Waals surface area contributed by atoms with Crippen molar-refractivity contribution < 1.29 is 17.9 Å². The number of pyridine rings is 1. The van der Waals surface area contributed by atoms with Crippen LogP contribution in [0.5, 0.6) is 0 Å². The van der Waals surface area contributed by atoms with E-state index in [2.05, 4.69) is 4.98 Å². The lowest BCUT2D eigenvalue weighted by Crippen LogP contribution is -2.44. The Morgan fingerprint density at radius 3 is 2.74 bits per heavy atom. The van der Waals surface area contributed by atoms with Crippen LogP contribution in [0.4, 0.5) is 4.79 Å².